The Morgan fingerprint density at radius 3 is 2.81 bits per heavy atom. The van der Waals surface area contributed by atoms with Gasteiger partial charge in [0.05, 0.1) is 19.0 Å². The second kappa shape index (κ2) is 4.24. The number of benzene rings is 1. The molecule has 0 amide bonds. The molecule has 5 heteroatoms. The molecule has 1 aromatic heterocycles. The number of rotatable bonds is 3. The molecular weight excluding hydrogens is 204 g/mol. The molecule has 0 aliphatic heterocycles. The highest BCUT2D eigenvalue weighted by atomic mass is 16.5. The average Bonchev–Trinajstić information content (AvgIpc) is 2.75. The largest absolute Gasteiger partial charge is 0.496 e. The summed E-state index contributed by atoms with van der Waals surface area (Å²) in [6, 6.07) is 5.78. The SMILES string of the molecule is COc1ccc(-c2cnc(N)[nH]2)cc1CN. The van der Waals surface area contributed by atoms with Crippen LogP contribution in [0.5, 0.6) is 5.75 Å². The van der Waals surface area contributed by atoms with Crippen molar-refractivity contribution in [3.63, 3.8) is 0 Å². The van der Waals surface area contributed by atoms with Crippen molar-refractivity contribution < 1.29 is 4.74 Å². The van der Waals surface area contributed by atoms with E-state index in [1.165, 1.54) is 0 Å². The lowest BCUT2D eigenvalue weighted by atomic mass is 10.1. The maximum atomic E-state index is 5.65. The van der Waals surface area contributed by atoms with E-state index in [9.17, 15) is 0 Å². The summed E-state index contributed by atoms with van der Waals surface area (Å²) in [7, 11) is 1.63. The molecular formula is C11H14N4O. The van der Waals surface area contributed by atoms with Gasteiger partial charge >= 0.3 is 0 Å². The molecule has 16 heavy (non-hydrogen) atoms. The molecule has 0 saturated carbocycles. The van der Waals surface area contributed by atoms with Gasteiger partial charge < -0.3 is 21.2 Å². The average molecular weight is 218 g/mol. The van der Waals surface area contributed by atoms with Gasteiger partial charge in [0.1, 0.15) is 5.75 Å². The Bertz CT molecular complexity index is 492. The van der Waals surface area contributed by atoms with Crippen LogP contribution in [0.25, 0.3) is 11.3 Å². The number of ether oxygens (including phenoxy) is 1. The van der Waals surface area contributed by atoms with E-state index in [0.29, 0.717) is 12.5 Å². The summed E-state index contributed by atoms with van der Waals surface area (Å²) in [5.74, 6) is 1.19. The predicted molar refractivity (Wildman–Crippen MR) is 62.9 cm³/mol. The van der Waals surface area contributed by atoms with Gasteiger partial charge in [-0.3, -0.25) is 0 Å². The Hall–Kier alpha value is -2.01. The fraction of sp³-hybridized carbons (Fsp3) is 0.182. The molecule has 84 valence electrons. The maximum Gasteiger partial charge on any atom is 0.197 e. The number of nitrogens with two attached hydrogens (primary N) is 2. The van der Waals surface area contributed by atoms with E-state index in [4.69, 9.17) is 16.2 Å². The van der Waals surface area contributed by atoms with Crippen molar-refractivity contribution in [2.75, 3.05) is 12.8 Å². The first-order valence-corrected chi connectivity index (χ1v) is 4.92. The van der Waals surface area contributed by atoms with Crippen molar-refractivity contribution in [3.05, 3.63) is 30.0 Å². The van der Waals surface area contributed by atoms with Gasteiger partial charge in [-0.2, -0.15) is 0 Å². The highest BCUT2D eigenvalue weighted by Crippen LogP contribution is 2.25. The van der Waals surface area contributed by atoms with Crippen molar-refractivity contribution in [1.29, 1.82) is 0 Å². The number of aromatic nitrogens is 2. The van der Waals surface area contributed by atoms with Gasteiger partial charge in [-0.15, -0.1) is 0 Å². The van der Waals surface area contributed by atoms with Gasteiger partial charge in [-0.05, 0) is 18.2 Å². The standard InChI is InChI=1S/C11H14N4O/c1-16-10-3-2-7(4-8(10)5-12)9-6-14-11(13)15-9/h2-4,6H,5,12H2,1H3,(H3,13,14,15). The molecule has 0 aliphatic carbocycles. The van der Waals surface area contributed by atoms with E-state index >= 15 is 0 Å². The quantitative estimate of drug-likeness (QED) is 0.720. The number of nitrogen functional groups attached to an aromatic ring is 1. The Morgan fingerprint density at radius 1 is 1.44 bits per heavy atom. The van der Waals surface area contributed by atoms with Crippen LogP contribution in [0.15, 0.2) is 24.4 Å². The minimum absolute atomic E-state index is 0.403. The number of methoxy groups -OCH3 is 1. The van der Waals surface area contributed by atoms with E-state index in [1.54, 1.807) is 13.3 Å². The molecule has 0 bridgehead atoms. The molecule has 2 aromatic rings. The molecule has 1 aromatic carbocycles. The smallest absolute Gasteiger partial charge is 0.197 e. The Morgan fingerprint density at radius 2 is 2.25 bits per heavy atom. The van der Waals surface area contributed by atoms with Crippen LogP contribution in [0.3, 0.4) is 0 Å². The van der Waals surface area contributed by atoms with Gasteiger partial charge in [-0.1, -0.05) is 0 Å². The molecule has 0 fully saturated rings. The van der Waals surface area contributed by atoms with E-state index < -0.39 is 0 Å². The van der Waals surface area contributed by atoms with Gasteiger partial charge in [0.2, 0.25) is 0 Å². The second-order valence-electron chi connectivity index (χ2n) is 3.41. The minimum atomic E-state index is 0.403. The van der Waals surface area contributed by atoms with Crippen LogP contribution in [-0.4, -0.2) is 17.1 Å². The van der Waals surface area contributed by atoms with Crippen molar-refractivity contribution in [3.8, 4) is 17.0 Å². The Kier molecular flexibility index (Phi) is 2.78. The van der Waals surface area contributed by atoms with Gasteiger partial charge in [0.25, 0.3) is 0 Å². The zero-order chi connectivity index (χ0) is 11.5. The van der Waals surface area contributed by atoms with Crippen LogP contribution in [0.4, 0.5) is 5.95 Å². The second-order valence-corrected chi connectivity index (χ2v) is 3.41. The molecule has 0 saturated heterocycles. The number of hydrogen-bond acceptors (Lipinski definition) is 4. The number of hydrogen-bond donors (Lipinski definition) is 3. The fourth-order valence-electron chi connectivity index (χ4n) is 1.59. The van der Waals surface area contributed by atoms with Crippen LogP contribution in [-0.2, 0) is 6.54 Å². The van der Waals surface area contributed by atoms with Crippen molar-refractivity contribution in [1.82, 2.24) is 9.97 Å². The minimum Gasteiger partial charge on any atom is -0.496 e. The van der Waals surface area contributed by atoms with Gasteiger partial charge in [0.15, 0.2) is 5.95 Å². The number of imidazole rings is 1. The third kappa shape index (κ3) is 1.85. The van der Waals surface area contributed by atoms with Crippen LogP contribution in [0.2, 0.25) is 0 Å². The molecule has 0 atom stereocenters. The normalized spacial score (nSPS) is 10.4. The number of H-pyrrole nitrogens is 1. The summed E-state index contributed by atoms with van der Waals surface area (Å²) in [6.45, 7) is 0.431. The van der Waals surface area contributed by atoms with Crippen molar-refractivity contribution in [2.45, 2.75) is 6.54 Å². The molecule has 5 nitrogen and oxygen atoms in total. The monoisotopic (exact) mass is 218 g/mol. The lowest BCUT2D eigenvalue weighted by Crippen LogP contribution is -2.00. The summed E-state index contributed by atoms with van der Waals surface area (Å²) in [5, 5.41) is 0. The number of nitrogens with one attached hydrogen (secondary N) is 1. The lowest BCUT2D eigenvalue weighted by molar-refractivity contribution is 0.410. The molecule has 0 aliphatic rings. The third-order valence-electron chi connectivity index (χ3n) is 2.41. The van der Waals surface area contributed by atoms with Gasteiger partial charge in [-0.25, -0.2) is 4.98 Å². The summed E-state index contributed by atoms with van der Waals surface area (Å²) in [4.78, 5) is 6.92. The summed E-state index contributed by atoms with van der Waals surface area (Å²) in [6.07, 6.45) is 1.69. The first kappa shape index (κ1) is 10.5. The van der Waals surface area contributed by atoms with E-state index in [0.717, 1.165) is 22.6 Å². The first-order chi connectivity index (χ1) is 7.74. The first-order valence-electron chi connectivity index (χ1n) is 4.92. The molecule has 2 rings (SSSR count). The highest BCUT2D eigenvalue weighted by molar-refractivity contribution is 5.62. The number of anilines is 1. The lowest BCUT2D eigenvalue weighted by Gasteiger charge is -2.08. The van der Waals surface area contributed by atoms with Crippen molar-refractivity contribution >= 4 is 5.95 Å². The molecule has 5 N–H and O–H groups in total. The van der Waals surface area contributed by atoms with Crippen LogP contribution < -0.4 is 16.2 Å². The van der Waals surface area contributed by atoms with Crippen molar-refractivity contribution in [2.24, 2.45) is 5.73 Å². The topological polar surface area (TPSA) is 90.0 Å². The molecule has 0 radical (unpaired) electrons. The Balaban J connectivity index is 2.43. The Labute approximate surface area is 93.4 Å². The van der Waals surface area contributed by atoms with E-state index in [1.807, 2.05) is 18.2 Å². The van der Waals surface area contributed by atoms with E-state index in [2.05, 4.69) is 9.97 Å². The summed E-state index contributed by atoms with van der Waals surface area (Å²) < 4.78 is 5.20. The molecule has 0 spiro atoms. The van der Waals surface area contributed by atoms with Crippen LogP contribution >= 0.6 is 0 Å². The number of nitrogens with zero attached hydrogens (tertiary/aromatic N) is 1. The fourth-order valence-corrected chi connectivity index (χ4v) is 1.59. The van der Waals surface area contributed by atoms with Gasteiger partial charge in [0, 0.05) is 17.7 Å². The van der Waals surface area contributed by atoms with Crippen LogP contribution in [0, 0.1) is 0 Å². The third-order valence-corrected chi connectivity index (χ3v) is 2.41. The zero-order valence-electron chi connectivity index (χ0n) is 9.03. The number of aromatic amines is 1. The molecule has 1 heterocycles. The summed E-state index contributed by atoms with van der Waals surface area (Å²) in [5.41, 5.74) is 14.0. The van der Waals surface area contributed by atoms with Crippen LogP contribution in [0.1, 0.15) is 5.56 Å². The summed E-state index contributed by atoms with van der Waals surface area (Å²) >= 11 is 0. The maximum absolute atomic E-state index is 5.65. The zero-order valence-corrected chi connectivity index (χ0v) is 9.03. The molecule has 0 unspecified atom stereocenters. The van der Waals surface area contributed by atoms with E-state index in [-0.39, 0.29) is 0 Å². The highest BCUT2D eigenvalue weighted by Gasteiger charge is 2.06. The predicted octanol–water partition coefficient (Wildman–Crippen LogP) is 1.13.